The van der Waals surface area contributed by atoms with Gasteiger partial charge in [-0.05, 0) is 62.1 Å². The summed E-state index contributed by atoms with van der Waals surface area (Å²) in [4.78, 5) is 27.3. The Labute approximate surface area is 180 Å². The van der Waals surface area contributed by atoms with Crippen LogP contribution >= 0.6 is 0 Å². The molecular formula is C24H26N4O3. The van der Waals surface area contributed by atoms with Gasteiger partial charge in [-0.3, -0.25) is 9.36 Å². The third kappa shape index (κ3) is 4.00. The Morgan fingerprint density at radius 2 is 1.58 bits per heavy atom. The molecule has 5 rings (SSSR count). The van der Waals surface area contributed by atoms with E-state index in [1.807, 2.05) is 64.1 Å². The minimum Gasteiger partial charge on any atom is -0.457 e. The smallest absolute Gasteiger partial charge is 0.345 e. The average molecular weight is 418 g/mol. The number of nitrogens with zero attached hydrogens (tertiary/aromatic N) is 4. The van der Waals surface area contributed by atoms with Gasteiger partial charge in [0.15, 0.2) is 0 Å². The number of rotatable bonds is 5. The first-order valence-corrected chi connectivity index (χ1v) is 10.9. The summed E-state index contributed by atoms with van der Waals surface area (Å²) in [6.07, 6.45) is 3.76. The molecule has 7 nitrogen and oxygen atoms in total. The van der Waals surface area contributed by atoms with E-state index in [1.165, 1.54) is 4.68 Å². The van der Waals surface area contributed by atoms with E-state index in [4.69, 9.17) is 4.74 Å². The molecule has 2 fully saturated rings. The van der Waals surface area contributed by atoms with Gasteiger partial charge in [0.05, 0.1) is 0 Å². The zero-order chi connectivity index (χ0) is 21.4. The molecule has 3 aromatic rings. The highest BCUT2D eigenvalue weighted by atomic mass is 16.5. The Hall–Kier alpha value is -3.35. The normalized spacial score (nSPS) is 17.0. The first-order valence-electron chi connectivity index (χ1n) is 10.9. The van der Waals surface area contributed by atoms with E-state index in [9.17, 15) is 9.59 Å². The van der Waals surface area contributed by atoms with E-state index >= 15 is 0 Å². The number of amides is 1. The molecule has 7 heteroatoms. The highest BCUT2D eigenvalue weighted by Gasteiger charge is 2.34. The molecule has 1 aliphatic heterocycles. The number of carbonyl (C=O) groups excluding carboxylic acids is 1. The summed E-state index contributed by atoms with van der Waals surface area (Å²) in [5.74, 6) is 2.62. The van der Waals surface area contributed by atoms with Crippen molar-refractivity contribution in [3.8, 4) is 11.5 Å². The minimum atomic E-state index is -0.0196. The van der Waals surface area contributed by atoms with Crippen molar-refractivity contribution in [2.75, 3.05) is 13.1 Å². The minimum absolute atomic E-state index is 0.0196. The van der Waals surface area contributed by atoms with Crippen LogP contribution < -0.4 is 10.4 Å². The highest BCUT2D eigenvalue weighted by Crippen LogP contribution is 2.37. The third-order valence-electron chi connectivity index (χ3n) is 6.12. The molecule has 2 aliphatic rings. The molecule has 0 atom stereocenters. The molecule has 160 valence electrons. The number of para-hydroxylation sites is 1. The summed E-state index contributed by atoms with van der Waals surface area (Å²) in [7, 11) is 1.72. The van der Waals surface area contributed by atoms with Crippen LogP contribution in [0.1, 0.15) is 53.8 Å². The number of ether oxygens (including phenoxy) is 1. The molecule has 0 unspecified atom stereocenters. The van der Waals surface area contributed by atoms with Crippen molar-refractivity contribution < 1.29 is 9.53 Å². The van der Waals surface area contributed by atoms with Crippen molar-refractivity contribution in [3.05, 3.63) is 76.5 Å². The van der Waals surface area contributed by atoms with Crippen LogP contribution in [0.5, 0.6) is 11.5 Å². The van der Waals surface area contributed by atoms with Crippen molar-refractivity contribution in [2.45, 2.75) is 37.6 Å². The van der Waals surface area contributed by atoms with Crippen LogP contribution in [0, 0.1) is 0 Å². The lowest BCUT2D eigenvalue weighted by Crippen LogP contribution is -2.38. The number of hydrogen-bond acceptors (Lipinski definition) is 4. The Balaban J connectivity index is 1.22. The van der Waals surface area contributed by atoms with E-state index < -0.39 is 0 Å². The largest absolute Gasteiger partial charge is 0.457 e. The molecular weight excluding hydrogens is 392 g/mol. The van der Waals surface area contributed by atoms with Gasteiger partial charge in [0.1, 0.15) is 17.3 Å². The van der Waals surface area contributed by atoms with Crippen molar-refractivity contribution in [2.24, 2.45) is 7.05 Å². The monoisotopic (exact) mass is 418 g/mol. The van der Waals surface area contributed by atoms with Crippen LogP contribution in [0.15, 0.2) is 59.4 Å². The van der Waals surface area contributed by atoms with Crippen LogP contribution in [0.4, 0.5) is 0 Å². The maximum Gasteiger partial charge on any atom is 0.345 e. The lowest BCUT2D eigenvalue weighted by atomic mass is 9.95. The Morgan fingerprint density at radius 3 is 2.23 bits per heavy atom. The molecule has 1 saturated heterocycles. The van der Waals surface area contributed by atoms with Crippen LogP contribution in [-0.2, 0) is 7.05 Å². The summed E-state index contributed by atoms with van der Waals surface area (Å²) in [6.45, 7) is 1.34. The molecule has 0 radical (unpaired) electrons. The molecule has 1 saturated carbocycles. The number of aryl methyl sites for hydroxylation is 1. The summed E-state index contributed by atoms with van der Waals surface area (Å²) in [5, 5.41) is 4.52. The fourth-order valence-corrected chi connectivity index (χ4v) is 4.27. The van der Waals surface area contributed by atoms with Gasteiger partial charge in [0.25, 0.3) is 5.91 Å². The lowest BCUT2D eigenvalue weighted by molar-refractivity contribution is 0.0710. The number of likely N-dealkylation sites (tertiary alicyclic amines) is 1. The number of aromatic nitrogens is 3. The fourth-order valence-electron chi connectivity index (χ4n) is 4.27. The van der Waals surface area contributed by atoms with Gasteiger partial charge < -0.3 is 9.64 Å². The van der Waals surface area contributed by atoms with Crippen molar-refractivity contribution in [3.63, 3.8) is 0 Å². The van der Waals surface area contributed by atoms with Crippen LogP contribution in [0.2, 0.25) is 0 Å². The first-order chi connectivity index (χ1) is 15.1. The summed E-state index contributed by atoms with van der Waals surface area (Å²) in [5.41, 5.74) is 0.639. The SMILES string of the molecule is Cn1nc(C2CCN(C(=O)c3ccc(Oc4ccccc4)cc3)CC2)n(C2CC2)c1=O. The van der Waals surface area contributed by atoms with E-state index in [0.29, 0.717) is 30.4 Å². The molecule has 0 bridgehead atoms. The van der Waals surface area contributed by atoms with Crippen molar-refractivity contribution in [1.82, 2.24) is 19.2 Å². The van der Waals surface area contributed by atoms with Gasteiger partial charge >= 0.3 is 5.69 Å². The molecule has 0 N–H and O–H groups in total. The van der Waals surface area contributed by atoms with Gasteiger partial charge in [-0.15, -0.1) is 0 Å². The number of piperidine rings is 1. The second-order valence-electron chi connectivity index (χ2n) is 8.37. The molecule has 2 heterocycles. The molecule has 1 aliphatic carbocycles. The van der Waals surface area contributed by atoms with Crippen LogP contribution in [-0.4, -0.2) is 38.2 Å². The van der Waals surface area contributed by atoms with E-state index in [1.54, 1.807) is 7.05 Å². The maximum atomic E-state index is 13.0. The maximum absolute atomic E-state index is 13.0. The Bertz CT molecular complexity index is 1120. The molecule has 0 spiro atoms. The van der Waals surface area contributed by atoms with Gasteiger partial charge in [-0.1, -0.05) is 18.2 Å². The Morgan fingerprint density at radius 1 is 0.935 bits per heavy atom. The van der Waals surface area contributed by atoms with Crippen molar-refractivity contribution in [1.29, 1.82) is 0 Å². The molecule has 1 aromatic heterocycles. The highest BCUT2D eigenvalue weighted by molar-refractivity contribution is 5.94. The summed E-state index contributed by atoms with van der Waals surface area (Å²) < 4.78 is 9.14. The lowest BCUT2D eigenvalue weighted by Gasteiger charge is -2.31. The fraction of sp³-hybridized carbons (Fsp3) is 0.375. The number of benzene rings is 2. The van der Waals surface area contributed by atoms with Crippen LogP contribution in [0.25, 0.3) is 0 Å². The quantitative estimate of drug-likeness (QED) is 0.633. The van der Waals surface area contributed by atoms with Gasteiger partial charge in [-0.2, -0.15) is 5.10 Å². The van der Waals surface area contributed by atoms with E-state index in [0.717, 1.165) is 37.3 Å². The number of carbonyl (C=O) groups is 1. The van der Waals surface area contributed by atoms with Gasteiger partial charge in [0.2, 0.25) is 0 Å². The zero-order valence-corrected chi connectivity index (χ0v) is 17.6. The second kappa shape index (κ2) is 8.06. The average Bonchev–Trinajstić information content (AvgIpc) is 3.60. The molecule has 1 amide bonds. The summed E-state index contributed by atoms with van der Waals surface area (Å²) >= 11 is 0. The first kappa shape index (κ1) is 19.6. The van der Waals surface area contributed by atoms with Crippen molar-refractivity contribution >= 4 is 5.91 Å². The topological polar surface area (TPSA) is 69.4 Å². The zero-order valence-electron chi connectivity index (χ0n) is 17.6. The predicted octanol–water partition coefficient (Wildman–Crippen LogP) is 3.73. The van der Waals surface area contributed by atoms with E-state index in [-0.39, 0.29) is 17.5 Å². The predicted molar refractivity (Wildman–Crippen MR) is 117 cm³/mol. The second-order valence-corrected chi connectivity index (χ2v) is 8.37. The third-order valence-corrected chi connectivity index (χ3v) is 6.12. The van der Waals surface area contributed by atoms with Gasteiger partial charge in [0, 0.05) is 37.7 Å². The molecule has 31 heavy (non-hydrogen) atoms. The molecule has 2 aromatic carbocycles. The van der Waals surface area contributed by atoms with Gasteiger partial charge in [-0.25, -0.2) is 9.48 Å². The van der Waals surface area contributed by atoms with E-state index in [2.05, 4.69) is 5.10 Å². The summed E-state index contributed by atoms with van der Waals surface area (Å²) in [6, 6.07) is 17.2. The Kier molecular flexibility index (Phi) is 5.10. The number of hydrogen-bond donors (Lipinski definition) is 0. The standard InChI is InChI=1S/C24H26N4O3/c1-26-24(30)28(19-9-10-19)22(25-26)17-13-15-27(16-14-17)23(29)18-7-11-21(12-8-18)31-20-5-3-2-4-6-20/h2-8,11-12,17,19H,9-10,13-16H2,1H3. The van der Waals surface area contributed by atoms with Crippen LogP contribution in [0.3, 0.4) is 0 Å².